The van der Waals surface area contributed by atoms with Crippen molar-refractivity contribution in [2.75, 3.05) is 13.1 Å². The van der Waals surface area contributed by atoms with Crippen molar-refractivity contribution in [1.82, 2.24) is 10.2 Å². The van der Waals surface area contributed by atoms with E-state index in [9.17, 15) is 19.1 Å². The number of aliphatic carboxylic acids is 1. The summed E-state index contributed by atoms with van der Waals surface area (Å²) in [4.78, 5) is 25.7. The minimum atomic E-state index is -0.798. The third-order valence-corrected chi connectivity index (χ3v) is 6.13. The Balaban J connectivity index is 1.40. The van der Waals surface area contributed by atoms with Gasteiger partial charge in [0.1, 0.15) is 5.82 Å². The molecule has 2 saturated carbocycles. The summed E-state index contributed by atoms with van der Waals surface area (Å²) in [6.45, 7) is 0.860. The highest BCUT2D eigenvalue weighted by atomic mass is 19.1. The number of carboxylic acids is 1. The molecule has 1 aliphatic heterocycles. The van der Waals surface area contributed by atoms with Crippen LogP contribution in [0, 0.1) is 17.2 Å². The van der Waals surface area contributed by atoms with E-state index in [-0.39, 0.29) is 30.9 Å². The van der Waals surface area contributed by atoms with Gasteiger partial charge in [-0.15, -0.1) is 0 Å². The molecule has 1 heterocycles. The Morgan fingerprint density at radius 3 is 2.80 bits per heavy atom. The smallest absolute Gasteiger partial charge is 0.317 e. The van der Waals surface area contributed by atoms with E-state index in [1.165, 1.54) is 6.07 Å². The Hall–Kier alpha value is -2.11. The molecule has 2 atom stereocenters. The molecular weight excluding hydrogens is 323 g/mol. The number of hydrogen-bond acceptors (Lipinski definition) is 2. The average Bonchev–Trinajstić information content (AvgIpc) is 3.23. The monoisotopic (exact) mass is 346 g/mol. The number of hydrogen-bond donors (Lipinski definition) is 2. The van der Waals surface area contributed by atoms with Crippen LogP contribution in [-0.2, 0) is 11.3 Å². The van der Waals surface area contributed by atoms with Gasteiger partial charge < -0.3 is 15.3 Å². The number of nitrogens with one attached hydrogen (secondary N) is 1. The fourth-order valence-electron chi connectivity index (χ4n) is 4.48. The number of fused-ring (bicyclic) bond motifs is 1. The fraction of sp³-hybridized carbons (Fsp3) is 0.579. The Labute approximate surface area is 146 Å². The van der Waals surface area contributed by atoms with Crippen molar-refractivity contribution in [3.8, 4) is 0 Å². The van der Waals surface area contributed by atoms with Crippen molar-refractivity contribution in [2.24, 2.45) is 11.3 Å². The van der Waals surface area contributed by atoms with Crippen molar-refractivity contribution in [3.05, 3.63) is 35.1 Å². The number of urea groups is 1. The Morgan fingerprint density at radius 2 is 2.12 bits per heavy atom. The number of likely N-dealkylation sites (tertiary alicyclic amines) is 1. The van der Waals surface area contributed by atoms with Crippen LogP contribution in [0.2, 0.25) is 0 Å². The van der Waals surface area contributed by atoms with E-state index in [1.807, 2.05) is 12.1 Å². The molecule has 2 aliphatic carbocycles. The third-order valence-electron chi connectivity index (χ3n) is 6.13. The number of nitrogens with zero attached hydrogens (tertiary/aromatic N) is 1. The second kappa shape index (κ2) is 6.00. The predicted octanol–water partition coefficient (Wildman–Crippen LogP) is 3.10. The molecule has 5 nitrogen and oxygen atoms in total. The van der Waals surface area contributed by atoms with Crippen LogP contribution in [0.1, 0.15) is 49.1 Å². The zero-order valence-electron chi connectivity index (χ0n) is 14.1. The van der Waals surface area contributed by atoms with Crippen LogP contribution in [0.25, 0.3) is 0 Å². The number of rotatable bonds is 4. The first-order valence-electron chi connectivity index (χ1n) is 9.04. The lowest BCUT2D eigenvalue weighted by atomic mass is 9.81. The van der Waals surface area contributed by atoms with Gasteiger partial charge in [-0.25, -0.2) is 9.18 Å². The molecule has 0 bridgehead atoms. The lowest BCUT2D eigenvalue weighted by Gasteiger charge is -2.23. The van der Waals surface area contributed by atoms with Crippen LogP contribution in [0.4, 0.5) is 9.18 Å². The molecule has 0 unspecified atom stereocenters. The Kier molecular flexibility index (Phi) is 3.93. The molecule has 3 aliphatic rings. The summed E-state index contributed by atoms with van der Waals surface area (Å²) in [6, 6.07) is 4.82. The van der Waals surface area contributed by atoms with Gasteiger partial charge in [0, 0.05) is 25.2 Å². The molecule has 0 aromatic heterocycles. The summed E-state index contributed by atoms with van der Waals surface area (Å²) in [5, 5.41) is 12.4. The predicted molar refractivity (Wildman–Crippen MR) is 89.6 cm³/mol. The summed E-state index contributed by atoms with van der Waals surface area (Å²) in [5.41, 5.74) is 0.838. The zero-order valence-corrected chi connectivity index (χ0v) is 14.1. The van der Waals surface area contributed by atoms with Gasteiger partial charge in [-0.3, -0.25) is 4.79 Å². The summed E-state index contributed by atoms with van der Waals surface area (Å²) in [6.07, 6.45) is 4.68. The molecule has 25 heavy (non-hydrogen) atoms. The quantitative estimate of drug-likeness (QED) is 0.880. The van der Waals surface area contributed by atoms with Crippen molar-refractivity contribution in [3.63, 3.8) is 0 Å². The molecule has 1 aromatic rings. The largest absolute Gasteiger partial charge is 0.481 e. The molecule has 6 heteroatoms. The van der Waals surface area contributed by atoms with Crippen molar-refractivity contribution in [1.29, 1.82) is 0 Å². The second-order valence-corrected chi connectivity index (χ2v) is 7.71. The molecule has 2 amide bonds. The highest BCUT2D eigenvalue weighted by Crippen LogP contribution is 2.48. The summed E-state index contributed by atoms with van der Waals surface area (Å²) < 4.78 is 14.0. The summed E-state index contributed by atoms with van der Waals surface area (Å²) >= 11 is 0. The van der Waals surface area contributed by atoms with Gasteiger partial charge in [-0.1, -0.05) is 18.6 Å². The molecule has 0 radical (unpaired) electrons. The van der Waals surface area contributed by atoms with Crippen LogP contribution >= 0.6 is 0 Å². The van der Waals surface area contributed by atoms with Crippen molar-refractivity contribution in [2.45, 2.75) is 44.6 Å². The van der Waals surface area contributed by atoms with Crippen molar-refractivity contribution >= 4 is 12.0 Å². The highest BCUT2D eigenvalue weighted by molar-refractivity contribution is 5.80. The number of amides is 2. The minimum absolute atomic E-state index is 0.0330. The maximum atomic E-state index is 14.0. The van der Waals surface area contributed by atoms with E-state index in [2.05, 4.69) is 5.32 Å². The van der Waals surface area contributed by atoms with Crippen molar-refractivity contribution < 1.29 is 19.1 Å². The first-order valence-corrected chi connectivity index (χ1v) is 9.04. The molecule has 3 fully saturated rings. The van der Waals surface area contributed by atoms with E-state index in [0.717, 1.165) is 31.2 Å². The third kappa shape index (κ3) is 2.87. The van der Waals surface area contributed by atoms with Crippen LogP contribution in [0.5, 0.6) is 0 Å². The fourth-order valence-corrected chi connectivity index (χ4v) is 4.48. The standard InChI is InChI=1S/C19H23FN2O3/c20-16-6-5-13(12-3-4-12)8-14(16)9-21-18(25)22-10-15-2-1-7-19(15,11-22)17(23)24/h5-6,8,12,15H,1-4,7,9-11H2,(H,21,25)(H,23,24)/t15-,19+/m0/s1. The normalized spacial score (nSPS) is 28.0. The Bertz CT molecular complexity index is 719. The maximum Gasteiger partial charge on any atom is 0.317 e. The molecule has 4 rings (SSSR count). The molecule has 1 aromatic carbocycles. The van der Waals surface area contributed by atoms with Crippen LogP contribution in [-0.4, -0.2) is 35.1 Å². The minimum Gasteiger partial charge on any atom is -0.481 e. The first-order chi connectivity index (χ1) is 12.0. The number of carbonyl (C=O) groups excluding carboxylic acids is 1. The van der Waals surface area contributed by atoms with E-state index in [4.69, 9.17) is 0 Å². The zero-order chi connectivity index (χ0) is 17.6. The van der Waals surface area contributed by atoms with Gasteiger partial charge in [-0.05, 0) is 49.1 Å². The molecular formula is C19H23FN2O3. The number of halogens is 1. The SMILES string of the molecule is O=C(NCc1cc(C2CC2)ccc1F)N1C[C@@H]2CCC[C@@]2(C(=O)O)C1. The van der Waals surface area contributed by atoms with Gasteiger partial charge in [-0.2, -0.15) is 0 Å². The van der Waals surface area contributed by atoms with Crippen LogP contribution < -0.4 is 5.32 Å². The molecule has 2 N–H and O–H groups in total. The van der Waals surface area contributed by atoms with E-state index < -0.39 is 11.4 Å². The van der Waals surface area contributed by atoms with E-state index >= 15 is 0 Å². The molecule has 0 spiro atoms. The van der Waals surface area contributed by atoms with E-state index in [1.54, 1.807) is 4.90 Å². The van der Waals surface area contributed by atoms with Gasteiger partial charge >= 0.3 is 12.0 Å². The lowest BCUT2D eigenvalue weighted by Crippen LogP contribution is -2.41. The Morgan fingerprint density at radius 1 is 1.32 bits per heavy atom. The maximum absolute atomic E-state index is 14.0. The van der Waals surface area contributed by atoms with Gasteiger partial charge in [0.05, 0.1) is 5.41 Å². The van der Waals surface area contributed by atoms with E-state index in [0.29, 0.717) is 24.4 Å². The summed E-state index contributed by atoms with van der Waals surface area (Å²) in [5.74, 6) is -0.549. The van der Waals surface area contributed by atoms with Gasteiger partial charge in [0.2, 0.25) is 0 Å². The topological polar surface area (TPSA) is 69.6 Å². The van der Waals surface area contributed by atoms with Crippen LogP contribution in [0.3, 0.4) is 0 Å². The van der Waals surface area contributed by atoms with Crippen LogP contribution in [0.15, 0.2) is 18.2 Å². The van der Waals surface area contributed by atoms with Gasteiger partial charge in [0.25, 0.3) is 0 Å². The average molecular weight is 346 g/mol. The molecule has 1 saturated heterocycles. The number of benzene rings is 1. The highest BCUT2D eigenvalue weighted by Gasteiger charge is 2.55. The van der Waals surface area contributed by atoms with Gasteiger partial charge in [0.15, 0.2) is 0 Å². The lowest BCUT2D eigenvalue weighted by molar-refractivity contribution is -0.149. The number of carboxylic acid groups (broad SMARTS) is 1. The molecule has 134 valence electrons. The first kappa shape index (κ1) is 16.4. The number of carbonyl (C=O) groups is 2. The second-order valence-electron chi connectivity index (χ2n) is 7.71. The summed E-state index contributed by atoms with van der Waals surface area (Å²) in [7, 11) is 0.